The van der Waals surface area contributed by atoms with E-state index in [-0.39, 0.29) is 11.7 Å². The summed E-state index contributed by atoms with van der Waals surface area (Å²) in [6.07, 6.45) is -2.85. The topological polar surface area (TPSA) is 48.5 Å². The molecule has 2 amide bonds. The number of likely N-dealkylation sites (tertiary alicyclic amines) is 1. The number of nitrogens with zero attached hydrogens (tertiary/aromatic N) is 3. The number of hydrogen-bond acceptors (Lipinski definition) is 4. The summed E-state index contributed by atoms with van der Waals surface area (Å²) >= 11 is 1.52. The Morgan fingerprint density at radius 1 is 1.37 bits per heavy atom. The molecule has 0 unspecified atom stereocenters. The number of thiazole rings is 1. The third-order valence-corrected chi connectivity index (χ3v) is 5.33. The number of hydrogen-bond donors (Lipinski definition) is 1. The van der Waals surface area contributed by atoms with Gasteiger partial charge in [-0.15, -0.1) is 11.3 Å². The van der Waals surface area contributed by atoms with E-state index in [0.717, 1.165) is 35.7 Å². The van der Waals surface area contributed by atoms with Gasteiger partial charge < -0.3 is 15.1 Å². The van der Waals surface area contributed by atoms with Crippen LogP contribution in [0.15, 0.2) is 23.6 Å². The molecule has 1 fully saturated rings. The van der Waals surface area contributed by atoms with Crippen molar-refractivity contribution in [3.05, 3.63) is 39.8 Å². The third kappa shape index (κ3) is 4.18. The minimum Gasteiger partial charge on any atom is -0.376 e. The number of aryl methyl sites for hydroxylation is 1. The van der Waals surface area contributed by atoms with Crippen molar-refractivity contribution in [2.24, 2.45) is 0 Å². The second kappa shape index (κ2) is 7.38. The van der Waals surface area contributed by atoms with Gasteiger partial charge in [-0.1, -0.05) is 0 Å². The molecule has 1 aromatic carbocycles. The van der Waals surface area contributed by atoms with Crippen LogP contribution in [-0.4, -0.2) is 36.6 Å². The summed E-state index contributed by atoms with van der Waals surface area (Å²) in [6, 6.07) is 2.80. The zero-order valence-electron chi connectivity index (χ0n) is 15.3. The van der Waals surface area contributed by atoms with Crippen LogP contribution in [0.5, 0.6) is 0 Å². The molecule has 0 saturated carbocycles. The molecule has 1 atom stereocenters. The van der Waals surface area contributed by atoms with E-state index in [4.69, 9.17) is 0 Å². The van der Waals surface area contributed by atoms with Crippen LogP contribution >= 0.6 is 11.3 Å². The fourth-order valence-electron chi connectivity index (χ4n) is 3.24. The first-order valence-electron chi connectivity index (χ1n) is 8.55. The molecule has 146 valence electrons. The number of amides is 2. The quantitative estimate of drug-likeness (QED) is 0.800. The average Bonchev–Trinajstić information content (AvgIpc) is 3.22. The number of rotatable bonds is 3. The number of aromatic nitrogens is 1. The number of carbonyl (C=O) groups is 1. The highest BCUT2D eigenvalue weighted by atomic mass is 32.1. The van der Waals surface area contributed by atoms with Crippen molar-refractivity contribution in [2.75, 3.05) is 30.9 Å². The molecule has 5 nitrogen and oxygen atoms in total. The molecule has 0 aliphatic carbocycles. The van der Waals surface area contributed by atoms with E-state index >= 15 is 0 Å². The number of halogens is 3. The van der Waals surface area contributed by atoms with Gasteiger partial charge in [-0.05, 0) is 38.0 Å². The fraction of sp³-hybridized carbons (Fsp3) is 0.444. The van der Waals surface area contributed by atoms with Crippen LogP contribution < -0.4 is 10.2 Å². The van der Waals surface area contributed by atoms with Crippen LogP contribution in [-0.2, 0) is 6.18 Å². The van der Waals surface area contributed by atoms with Crippen molar-refractivity contribution in [3.63, 3.8) is 0 Å². The Balaban J connectivity index is 1.86. The summed E-state index contributed by atoms with van der Waals surface area (Å²) in [5, 5.41) is 5.53. The maximum absolute atomic E-state index is 13.1. The zero-order valence-corrected chi connectivity index (χ0v) is 16.1. The molecule has 0 radical (unpaired) electrons. The summed E-state index contributed by atoms with van der Waals surface area (Å²) in [4.78, 5) is 20.6. The van der Waals surface area contributed by atoms with E-state index in [1.165, 1.54) is 17.4 Å². The van der Waals surface area contributed by atoms with Crippen LogP contribution in [0.25, 0.3) is 0 Å². The SMILES string of the molecule is Cc1nc([C@H]2CCCN2C(=O)Nc2cc(C(F)(F)F)ccc2N(C)C)cs1. The van der Waals surface area contributed by atoms with E-state index in [0.29, 0.717) is 12.2 Å². The lowest BCUT2D eigenvalue weighted by atomic mass is 10.1. The van der Waals surface area contributed by atoms with Crippen LogP contribution in [0.1, 0.15) is 35.1 Å². The van der Waals surface area contributed by atoms with Crippen LogP contribution in [0.3, 0.4) is 0 Å². The standard InChI is InChI=1S/C18H21F3N4OS/c1-11-22-14(10-27-11)16-5-4-8-25(16)17(26)23-13-9-12(18(19,20)21)6-7-15(13)24(2)3/h6-7,9-10,16H,4-5,8H2,1-3H3,(H,23,26)/t16-/m1/s1. The summed E-state index contributed by atoms with van der Waals surface area (Å²) < 4.78 is 39.2. The lowest BCUT2D eigenvalue weighted by molar-refractivity contribution is -0.137. The molecule has 9 heteroatoms. The summed E-state index contributed by atoms with van der Waals surface area (Å²) in [5.41, 5.74) is 0.690. The lowest BCUT2D eigenvalue weighted by Crippen LogP contribution is -2.35. The molecule has 1 N–H and O–H groups in total. The van der Waals surface area contributed by atoms with Gasteiger partial charge in [-0.2, -0.15) is 13.2 Å². The molecular formula is C18H21F3N4OS. The Morgan fingerprint density at radius 3 is 2.70 bits per heavy atom. The minimum absolute atomic E-state index is 0.139. The summed E-state index contributed by atoms with van der Waals surface area (Å²) in [6.45, 7) is 2.45. The lowest BCUT2D eigenvalue weighted by Gasteiger charge is -2.26. The van der Waals surface area contributed by atoms with Gasteiger partial charge in [0.1, 0.15) is 0 Å². The first kappa shape index (κ1) is 19.5. The minimum atomic E-state index is -4.47. The highest BCUT2D eigenvalue weighted by Crippen LogP contribution is 2.37. The monoisotopic (exact) mass is 398 g/mol. The number of carbonyl (C=O) groups excluding carboxylic acids is 1. The molecule has 2 aromatic rings. The fourth-order valence-corrected chi connectivity index (χ4v) is 3.90. The van der Waals surface area contributed by atoms with Gasteiger partial charge in [0, 0.05) is 26.0 Å². The number of benzene rings is 1. The number of anilines is 2. The second-order valence-corrected chi connectivity index (χ2v) is 7.76. The van der Waals surface area contributed by atoms with Crippen molar-refractivity contribution < 1.29 is 18.0 Å². The highest BCUT2D eigenvalue weighted by Gasteiger charge is 2.34. The van der Waals surface area contributed by atoms with Gasteiger partial charge in [0.2, 0.25) is 0 Å². The van der Waals surface area contributed by atoms with Crippen molar-refractivity contribution in [2.45, 2.75) is 32.0 Å². The van der Waals surface area contributed by atoms with Gasteiger partial charge in [-0.25, -0.2) is 9.78 Å². The Labute approximate surface area is 159 Å². The molecule has 1 aliphatic heterocycles. The predicted molar refractivity (Wildman–Crippen MR) is 100 cm³/mol. The van der Waals surface area contributed by atoms with Gasteiger partial charge in [-0.3, -0.25) is 0 Å². The molecule has 2 heterocycles. The zero-order chi connectivity index (χ0) is 19.8. The van der Waals surface area contributed by atoms with Gasteiger partial charge in [0.15, 0.2) is 0 Å². The van der Waals surface area contributed by atoms with Crippen LogP contribution in [0.2, 0.25) is 0 Å². The van der Waals surface area contributed by atoms with Crippen LogP contribution in [0, 0.1) is 6.92 Å². The molecule has 0 spiro atoms. The third-order valence-electron chi connectivity index (χ3n) is 4.54. The predicted octanol–water partition coefficient (Wildman–Crippen LogP) is 4.91. The van der Waals surface area contributed by atoms with E-state index in [1.54, 1.807) is 23.9 Å². The molecule has 1 saturated heterocycles. The van der Waals surface area contributed by atoms with E-state index in [9.17, 15) is 18.0 Å². The van der Waals surface area contributed by atoms with E-state index < -0.39 is 17.8 Å². The number of alkyl halides is 3. The first-order valence-corrected chi connectivity index (χ1v) is 9.43. The normalized spacial score (nSPS) is 17.3. The molecule has 0 bridgehead atoms. The second-order valence-electron chi connectivity index (χ2n) is 6.70. The largest absolute Gasteiger partial charge is 0.416 e. The highest BCUT2D eigenvalue weighted by molar-refractivity contribution is 7.09. The Hall–Kier alpha value is -2.29. The summed E-state index contributed by atoms with van der Waals surface area (Å²) in [7, 11) is 3.43. The van der Waals surface area contributed by atoms with Crippen molar-refractivity contribution in [1.29, 1.82) is 0 Å². The van der Waals surface area contributed by atoms with Gasteiger partial charge in [0.05, 0.1) is 33.7 Å². The molecule has 1 aliphatic rings. The Bertz CT molecular complexity index is 834. The number of urea groups is 1. The molecule has 3 rings (SSSR count). The Kier molecular flexibility index (Phi) is 5.32. The van der Waals surface area contributed by atoms with Crippen molar-refractivity contribution in [1.82, 2.24) is 9.88 Å². The van der Waals surface area contributed by atoms with Crippen LogP contribution in [0.4, 0.5) is 29.3 Å². The van der Waals surface area contributed by atoms with E-state index in [2.05, 4.69) is 10.3 Å². The maximum Gasteiger partial charge on any atom is 0.416 e. The smallest absolute Gasteiger partial charge is 0.376 e. The Morgan fingerprint density at radius 2 is 2.11 bits per heavy atom. The molecular weight excluding hydrogens is 377 g/mol. The van der Waals surface area contributed by atoms with Gasteiger partial charge >= 0.3 is 12.2 Å². The molecule has 27 heavy (non-hydrogen) atoms. The molecule has 1 aromatic heterocycles. The summed E-state index contributed by atoms with van der Waals surface area (Å²) in [5.74, 6) is 0. The van der Waals surface area contributed by atoms with Gasteiger partial charge in [0.25, 0.3) is 0 Å². The maximum atomic E-state index is 13.1. The number of nitrogens with one attached hydrogen (secondary N) is 1. The average molecular weight is 398 g/mol. The van der Waals surface area contributed by atoms with Crippen molar-refractivity contribution in [3.8, 4) is 0 Å². The first-order chi connectivity index (χ1) is 12.7. The van der Waals surface area contributed by atoms with Crippen molar-refractivity contribution >= 4 is 28.7 Å². The van der Waals surface area contributed by atoms with E-state index in [1.807, 2.05) is 12.3 Å².